The average molecular weight is 363 g/mol. The van der Waals surface area contributed by atoms with Crippen molar-refractivity contribution in [2.24, 2.45) is 4.99 Å². The molecule has 6 heteroatoms. The van der Waals surface area contributed by atoms with Crippen molar-refractivity contribution >= 4 is 5.71 Å². The topological polar surface area (TPSA) is 87.4 Å². The second-order valence-corrected chi connectivity index (χ2v) is 6.33. The molecule has 1 unspecified atom stereocenters. The third-order valence-electron chi connectivity index (χ3n) is 4.39. The van der Waals surface area contributed by atoms with Gasteiger partial charge in [0.1, 0.15) is 5.56 Å². The van der Waals surface area contributed by atoms with Gasteiger partial charge in [-0.2, -0.15) is 0 Å². The third kappa shape index (κ3) is 4.06. The van der Waals surface area contributed by atoms with Crippen LogP contribution < -0.4 is 11.2 Å². The summed E-state index contributed by atoms with van der Waals surface area (Å²) in [6.45, 7) is 3.71. The van der Waals surface area contributed by atoms with Crippen LogP contribution in [0, 0.1) is 0 Å². The van der Waals surface area contributed by atoms with E-state index in [1.165, 1.54) is 0 Å². The van der Waals surface area contributed by atoms with Crippen LogP contribution in [0.25, 0.3) is 0 Å². The number of nitrogens with zero attached hydrogens (tertiary/aromatic N) is 2. The first-order chi connectivity index (χ1) is 13.0. The van der Waals surface area contributed by atoms with Gasteiger partial charge in [0.05, 0.1) is 18.3 Å². The molecule has 138 valence electrons. The van der Waals surface area contributed by atoms with Crippen molar-refractivity contribution in [2.75, 3.05) is 0 Å². The molecule has 0 aliphatic carbocycles. The van der Waals surface area contributed by atoms with Gasteiger partial charge in [-0.1, -0.05) is 60.7 Å². The Bertz CT molecular complexity index is 1070. The summed E-state index contributed by atoms with van der Waals surface area (Å²) in [5.41, 5.74) is 0.892. The van der Waals surface area contributed by atoms with Crippen LogP contribution in [0.2, 0.25) is 0 Å². The zero-order valence-corrected chi connectivity index (χ0v) is 15.2. The van der Waals surface area contributed by atoms with Gasteiger partial charge < -0.3 is 5.11 Å². The fourth-order valence-electron chi connectivity index (χ4n) is 2.96. The van der Waals surface area contributed by atoms with E-state index in [-0.39, 0.29) is 24.0 Å². The third-order valence-corrected chi connectivity index (χ3v) is 4.39. The number of H-pyrrole nitrogens is 1. The van der Waals surface area contributed by atoms with Crippen LogP contribution in [-0.4, -0.2) is 20.4 Å². The van der Waals surface area contributed by atoms with Gasteiger partial charge in [0.25, 0.3) is 5.56 Å². The van der Waals surface area contributed by atoms with Crippen LogP contribution in [0.5, 0.6) is 5.88 Å². The maximum absolute atomic E-state index is 12.3. The molecule has 0 aliphatic rings. The predicted molar refractivity (Wildman–Crippen MR) is 106 cm³/mol. The number of nitrogens with one attached hydrogen (secondary N) is 1. The van der Waals surface area contributed by atoms with Crippen molar-refractivity contribution in [2.45, 2.75) is 26.4 Å². The largest absolute Gasteiger partial charge is 0.494 e. The van der Waals surface area contributed by atoms with Crippen molar-refractivity contribution in [3.63, 3.8) is 0 Å². The zero-order valence-electron chi connectivity index (χ0n) is 15.2. The van der Waals surface area contributed by atoms with E-state index in [1.54, 1.807) is 6.92 Å². The maximum atomic E-state index is 12.3. The molecular weight excluding hydrogens is 342 g/mol. The average Bonchev–Trinajstić information content (AvgIpc) is 2.66. The quantitative estimate of drug-likeness (QED) is 0.683. The van der Waals surface area contributed by atoms with Gasteiger partial charge in [-0.25, -0.2) is 4.79 Å². The van der Waals surface area contributed by atoms with Crippen LogP contribution >= 0.6 is 0 Å². The van der Waals surface area contributed by atoms with Crippen LogP contribution in [-0.2, 0) is 6.54 Å². The number of aromatic hydroxyl groups is 1. The number of benzene rings is 2. The lowest BCUT2D eigenvalue weighted by Crippen LogP contribution is -2.34. The predicted octanol–water partition coefficient (Wildman–Crippen LogP) is 2.86. The molecule has 6 nitrogen and oxygen atoms in total. The molecule has 3 aromatic rings. The van der Waals surface area contributed by atoms with Crippen molar-refractivity contribution in [1.29, 1.82) is 0 Å². The molecule has 0 saturated carbocycles. The first-order valence-electron chi connectivity index (χ1n) is 8.67. The lowest BCUT2D eigenvalue weighted by atomic mass is 10.1. The van der Waals surface area contributed by atoms with Gasteiger partial charge in [-0.3, -0.25) is 19.3 Å². The first-order valence-corrected chi connectivity index (χ1v) is 8.67. The molecule has 0 spiro atoms. The van der Waals surface area contributed by atoms with E-state index in [2.05, 4.69) is 9.98 Å². The number of hydrogen-bond acceptors (Lipinski definition) is 4. The molecule has 2 N–H and O–H groups in total. The summed E-state index contributed by atoms with van der Waals surface area (Å²) in [4.78, 5) is 31.3. The smallest absolute Gasteiger partial charge is 0.331 e. The van der Waals surface area contributed by atoms with Crippen molar-refractivity contribution in [1.82, 2.24) is 9.55 Å². The Labute approximate surface area is 156 Å². The summed E-state index contributed by atoms with van der Waals surface area (Å²) in [7, 11) is 0. The summed E-state index contributed by atoms with van der Waals surface area (Å²) < 4.78 is 1.14. The first kappa shape index (κ1) is 18.4. The molecule has 27 heavy (non-hydrogen) atoms. The Morgan fingerprint density at radius 3 is 2.30 bits per heavy atom. The second-order valence-electron chi connectivity index (χ2n) is 6.33. The molecule has 0 saturated heterocycles. The highest BCUT2D eigenvalue weighted by Crippen LogP contribution is 2.19. The standard InChI is InChI=1S/C21H21N3O3/c1-14(17-11-7-4-8-12-17)22-15(2)18-19(25)23-21(27)24(20(18)26)13-16-9-5-3-6-10-16/h3-12,14,26H,13H2,1-2H3,(H,23,25,27). The van der Waals surface area contributed by atoms with E-state index in [1.807, 2.05) is 67.6 Å². The van der Waals surface area contributed by atoms with Crippen LogP contribution in [0.1, 0.15) is 36.6 Å². The Balaban J connectivity index is 2.02. The van der Waals surface area contributed by atoms with Gasteiger partial charge in [-0.15, -0.1) is 0 Å². The minimum Gasteiger partial charge on any atom is -0.494 e. The second kappa shape index (κ2) is 7.86. The molecule has 0 aliphatic heterocycles. The molecule has 1 atom stereocenters. The summed E-state index contributed by atoms with van der Waals surface area (Å²) in [6.07, 6.45) is 0. The van der Waals surface area contributed by atoms with Gasteiger partial charge in [0, 0.05) is 0 Å². The van der Waals surface area contributed by atoms with Crippen LogP contribution in [0.3, 0.4) is 0 Å². The Morgan fingerprint density at radius 2 is 1.67 bits per heavy atom. The Kier molecular flexibility index (Phi) is 5.35. The molecule has 1 heterocycles. The van der Waals surface area contributed by atoms with E-state index in [0.717, 1.165) is 15.7 Å². The summed E-state index contributed by atoms with van der Waals surface area (Å²) in [5, 5.41) is 10.6. The lowest BCUT2D eigenvalue weighted by molar-refractivity contribution is 0.408. The molecule has 0 amide bonds. The molecule has 0 bridgehead atoms. The monoisotopic (exact) mass is 363 g/mol. The minimum absolute atomic E-state index is 0.00770. The number of aromatic amines is 1. The number of rotatable bonds is 5. The Hall–Kier alpha value is -3.41. The zero-order chi connectivity index (χ0) is 19.4. The highest BCUT2D eigenvalue weighted by molar-refractivity contribution is 6.00. The number of hydrogen-bond donors (Lipinski definition) is 2. The van der Waals surface area contributed by atoms with E-state index in [4.69, 9.17) is 0 Å². The van der Waals surface area contributed by atoms with Crippen LogP contribution in [0.4, 0.5) is 0 Å². The van der Waals surface area contributed by atoms with Gasteiger partial charge in [0.2, 0.25) is 5.88 Å². The van der Waals surface area contributed by atoms with Crippen molar-refractivity contribution < 1.29 is 5.11 Å². The van der Waals surface area contributed by atoms with E-state index in [0.29, 0.717) is 5.71 Å². The molecule has 1 aromatic heterocycles. The summed E-state index contributed by atoms with van der Waals surface area (Å²) >= 11 is 0. The van der Waals surface area contributed by atoms with Crippen molar-refractivity contribution in [3.8, 4) is 5.88 Å². The minimum atomic E-state index is -0.658. The summed E-state index contributed by atoms with van der Waals surface area (Å²) in [6, 6.07) is 18.7. The fraction of sp³-hybridized carbons (Fsp3) is 0.190. The molecule has 0 fully saturated rings. The molecular formula is C21H21N3O3. The van der Waals surface area contributed by atoms with Gasteiger partial charge in [0.15, 0.2) is 0 Å². The van der Waals surface area contributed by atoms with E-state index >= 15 is 0 Å². The van der Waals surface area contributed by atoms with E-state index in [9.17, 15) is 14.7 Å². The van der Waals surface area contributed by atoms with Crippen molar-refractivity contribution in [3.05, 3.63) is 98.2 Å². The fourth-order valence-corrected chi connectivity index (χ4v) is 2.96. The summed E-state index contributed by atoms with van der Waals surface area (Å²) in [5.74, 6) is -0.380. The highest BCUT2D eigenvalue weighted by Gasteiger charge is 2.17. The Morgan fingerprint density at radius 1 is 1.07 bits per heavy atom. The SMILES string of the molecule is CC(=NC(C)c1ccccc1)c1c(O)n(Cc2ccccc2)c(=O)[nH]c1=O. The van der Waals surface area contributed by atoms with Gasteiger partial charge >= 0.3 is 5.69 Å². The maximum Gasteiger partial charge on any atom is 0.331 e. The number of aromatic nitrogens is 2. The van der Waals surface area contributed by atoms with E-state index < -0.39 is 11.2 Å². The van der Waals surface area contributed by atoms with Crippen LogP contribution in [0.15, 0.2) is 75.2 Å². The molecule has 3 rings (SSSR count). The normalized spacial score (nSPS) is 12.7. The lowest BCUT2D eigenvalue weighted by Gasteiger charge is -2.13. The molecule has 2 aromatic carbocycles. The highest BCUT2D eigenvalue weighted by atomic mass is 16.3. The number of aliphatic imine (C=N–C) groups is 1. The van der Waals surface area contributed by atoms with Gasteiger partial charge in [-0.05, 0) is 25.0 Å². The molecule has 0 radical (unpaired) electrons.